The number of amides is 3. The van der Waals surface area contributed by atoms with Crippen molar-refractivity contribution < 1.29 is 27.6 Å². The van der Waals surface area contributed by atoms with E-state index < -0.39 is 24.2 Å². The zero-order valence-electron chi connectivity index (χ0n) is 17.5. The topological polar surface area (TPSA) is 123 Å². The van der Waals surface area contributed by atoms with Crippen molar-refractivity contribution in [2.45, 2.75) is 31.7 Å². The van der Waals surface area contributed by atoms with E-state index in [0.717, 1.165) is 0 Å². The van der Waals surface area contributed by atoms with E-state index in [0.29, 0.717) is 22.4 Å². The number of hydrogen-bond donors (Lipinski definition) is 2. The zero-order valence-corrected chi connectivity index (χ0v) is 17.5. The number of nitrogen functional groups attached to an aromatic ring is 1. The Balaban J connectivity index is 1.54. The van der Waals surface area contributed by atoms with Crippen LogP contribution in [-0.4, -0.2) is 43.7 Å². The van der Waals surface area contributed by atoms with Gasteiger partial charge in [0.15, 0.2) is 0 Å². The molecule has 9 nitrogen and oxygen atoms in total. The molecule has 1 saturated heterocycles. The molecule has 3 amide bonds. The van der Waals surface area contributed by atoms with Crippen LogP contribution in [0, 0.1) is 0 Å². The summed E-state index contributed by atoms with van der Waals surface area (Å²) in [5.74, 6) is -1.32. The Bertz CT molecular complexity index is 1330. The standard InChI is InChI=1S/C22H17F3N6O3/c23-22(24,25)31-19(11-1-4-14(26)5-2-11)18(28-29-31)12-3-6-15-13(9-12)10-30(21(15)34)16-7-8-17(32)27-20(16)33/h1-6,9,16H,7-8,10,26H2,(H,27,32,33). The van der Waals surface area contributed by atoms with E-state index in [9.17, 15) is 27.6 Å². The Morgan fingerprint density at radius 1 is 1.03 bits per heavy atom. The van der Waals surface area contributed by atoms with E-state index in [1.807, 2.05) is 0 Å². The van der Waals surface area contributed by atoms with Crippen molar-refractivity contribution in [1.82, 2.24) is 25.2 Å². The average Bonchev–Trinajstić information content (AvgIpc) is 3.36. The molecule has 2 aliphatic heterocycles. The van der Waals surface area contributed by atoms with Crippen molar-refractivity contribution in [2.24, 2.45) is 0 Å². The fourth-order valence-electron chi connectivity index (χ4n) is 4.28. The number of alkyl halides is 3. The van der Waals surface area contributed by atoms with E-state index in [-0.39, 0.29) is 46.9 Å². The predicted molar refractivity (Wildman–Crippen MR) is 113 cm³/mol. The summed E-state index contributed by atoms with van der Waals surface area (Å²) in [6, 6.07) is 9.62. The third-order valence-electron chi connectivity index (χ3n) is 5.89. The summed E-state index contributed by atoms with van der Waals surface area (Å²) in [6.07, 6.45) is -4.48. The number of halogens is 3. The number of nitrogens with two attached hydrogens (primary N) is 1. The number of carbonyl (C=O) groups excluding carboxylic acids is 3. The predicted octanol–water partition coefficient (Wildman–Crippen LogP) is 2.43. The molecule has 2 aromatic carbocycles. The minimum atomic E-state index is -4.81. The van der Waals surface area contributed by atoms with Crippen LogP contribution in [0.1, 0.15) is 28.8 Å². The third-order valence-corrected chi connectivity index (χ3v) is 5.89. The molecule has 0 radical (unpaired) electrons. The molecule has 0 saturated carbocycles. The Labute approximate surface area is 190 Å². The number of aromatic nitrogens is 3. The maximum Gasteiger partial charge on any atom is 0.506 e. The molecule has 1 aromatic heterocycles. The molecule has 0 aliphatic carbocycles. The fourth-order valence-corrected chi connectivity index (χ4v) is 4.28. The van der Waals surface area contributed by atoms with Gasteiger partial charge in [0, 0.05) is 35.3 Å². The summed E-state index contributed by atoms with van der Waals surface area (Å²) < 4.78 is 40.9. The average molecular weight is 470 g/mol. The molecular weight excluding hydrogens is 453 g/mol. The van der Waals surface area contributed by atoms with Crippen LogP contribution < -0.4 is 11.1 Å². The molecule has 5 rings (SSSR count). The highest BCUT2D eigenvalue weighted by Gasteiger charge is 2.40. The second-order valence-electron chi connectivity index (χ2n) is 8.06. The van der Waals surface area contributed by atoms with E-state index in [2.05, 4.69) is 15.6 Å². The lowest BCUT2D eigenvalue weighted by Gasteiger charge is -2.29. The van der Waals surface area contributed by atoms with Gasteiger partial charge < -0.3 is 10.6 Å². The van der Waals surface area contributed by atoms with Gasteiger partial charge in [0.05, 0.1) is 0 Å². The summed E-state index contributed by atoms with van der Waals surface area (Å²) >= 11 is 0. The first-order valence-corrected chi connectivity index (χ1v) is 10.3. The normalized spacial score (nSPS) is 18.3. The lowest BCUT2D eigenvalue weighted by Crippen LogP contribution is -2.52. The minimum absolute atomic E-state index is 0.0169. The van der Waals surface area contributed by atoms with Crippen LogP contribution in [-0.2, 0) is 22.4 Å². The summed E-state index contributed by atoms with van der Waals surface area (Å²) in [5, 5.41) is 9.34. The first-order valence-electron chi connectivity index (χ1n) is 10.3. The van der Waals surface area contributed by atoms with E-state index >= 15 is 0 Å². The van der Waals surface area contributed by atoms with E-state index in [1.165, 1.54) is 41.3 Å². The summed E-state index contributed by atoms with van der Waals surface area (Å²) in [4.78, 5) is 37.9. The molecule has 1 atom stereocenters. The largest absolute Gasteiger partial charge is 0.506 e. The van der Waals surface area contributed by atoms with Gasteiger partial charge in [0.1, 0.15) is 17.4 Å². The van der Waals surface area contributed by atoms with Crippen molar-refractivity contribution in [3.8, 4) is 22.5 Å². The number of hydrogen-bond acceptors (Lipinski definition) is 6. The summed E-state index contributed by atoms with van der Waals surface area (Å²) in [6.45, 7) is 0.0822. The molecular formula is C22H17F3N6O3. The second-order valence-corrected chi connectivity index (χ2v) is 8.06. The maximum atomic E-state index is 13.7. The molecule has 0 spiro atoms. The van der Waals surface area contributed by atoms with Crippen LogP contribution >= 0.6 is 0 Å². The number of anilines is 1. The number of carbonyl (C=O) groups is 3. The highest BCUT2D eigenvalue weighted by atomic mass is 19.4. The van der Waals surface area contributed by atoms with Crippen LogP contribution in [0.15, 0.2) is 42.5 Å². The van der Waals surface area contributed by atoms with Crippen LogP contribution in [0.2, 0.25) is 0 Å². The quantitative estimate of drug-likeness (QED) is 0.448. The summed E-state index contributed by atoms with van der Waals surface area (Å²) in [5.41, 5.74) is 7.21. The van der Waals surface area contributed by atoms with Crippen LogP contribution in [0.3, 0.4) is 0 Å². The van der Waals surface area contributed by atoms with Gasteiger partial charge in [0.2, 0.25) is 11.8 Å². The molecule has 3 N–H and O–H groups in total. The van der Waals surface area contributed by atoms with Crippen molar-refractivity contribution in [3.63, 3.8) is 0 Å². The smallest absolute Gasteiger partial charge is 0.399 e. The Kier molecular flexibility index (Phi) is 4.88. The minimum Gasteiger partial charge on any atom is -0.399 e. The second kappa shape index (κ2) is 7.68. The lowest BCUT2D eigenvalue weighted by atomic mass is 10.0. The van der Waals surface area contributed by atoms with Crippen LogP contribution in [0.25, 0.3) is 22.5 Å². The van der Waals surface area contributed by atoms with Crippen LogP contribution in [0.5, 0.6) is 0 Å². The molecule has 174 valence electrons. The molecule has 34 heavy (non-hydrogen) atoms. The van der Waals surface area contributed by atoms with Crippen LogP contribution in [0.4, 0.5) is 18.9 Å². The first-order chi connectivity index (χ1) is 16.1. The number of nitrogens with one attached hydrogen (secondary N) is 1. The maximum absolute atomic E-state index is 13.7. The first kappa shape index (κ1) is 21.6. The zero-order chi connectivity index (χ0) is 24.2. The molecule has 12 heteroatoms. The monoisotopic (exact) mass is 470 g/mol. The van der Waals surface area contributed by atoms with Crippen molar-refractivity contribution >= 4 is 23.4 Å². The SMILES string of the molecule is Nc1ccc(-c2c(-c3ccc4c(c3)CN(C3CCC(=O)NC3=O)C4=O)nnn2C(F)(F)F)cc1. The molecule has 1 unspecified atom stereocenters. The molecule has 0 bridgehead atoms. The molecule has 1 fully saturated rings. The number of benzene rings is 2. The number of rotatable bonds is 3. The summed E-state index contributed by atoms with van der Waals surface area (Å²) in [7, 11) is 0. The van der Waals surface area contributed by atoms with Gasteiger partial charge in [-0.15, -0.1) is 23.0 Å². The highest BCUT2D eigenvalue weighted by Crippen LogP contribution is 2.38. The van der Waals surface area contributed by atoms with Gasteiger partial charge in [-0.3, -0.25) is 19.7 Å². The van der Waals surface area contributed by atoms with Crippen molar-refractivity contribution in [1.29, 1.82) is 0 Å². The van der Waals surface area contributed by atoms with Crippen molar-refractivity contribution in [2.75, 3.05) is 5.73 Å². The number of piperidine rings is 1. The van der Waals surface area contributed by atoms with Gasteiger partial charge >= 0.3 is 6.30 Å². The van der Waals surface area contributed by atoms with E-state index in [1.54, 1.807) is 6.07 Å². The van der Waals surface area contributed by atoms with Gasteiger partial charge in [0.25, 0.3) is 5.91 Å². The number of imide groups is 1. The Morgan fingerprint density at radius 3 is 2.41 bits per heavy atom. The van der Waals surface area contributed by atoms with Gasteiger partial charge in [-0.05, 0) is 36.2 Å². The highest BCUT2D eigenvalue weighted by molar-refractivity contribution is 6.05. The van der Waals surface area contributed by atoms with E-state index in [4.69, 9.17) is 5.73 Å². The Hall–Kier alpha value is -4.22. The Morgan fingerprint density at radius 2 is 1.74 bits per heavy atom. The number of fused-ring (bicyclic) bond motifs is 1. The van der Waals surface area contributed by atoms with Gasteiger partial charge in [-0.25, -0.2) is 0 Å². The third kappa shape index (κ3) is 3.56. The van der Waals surface area contributed by atoms with Gasteiger partial charge in [-0.1, -0.05) is 23.4 Å². The molecule has 2 aliphatic rings. The molecule has 3 heterocycles. The molecule has 3 aromatic rings. The fraction of sp³-hybridized carbons (Fsp3) is 0.227. The van der Waals surface area contributed by atoms with Crippen molar-refractivity contribution in [3.05, 3.63) is 53.6 Å². The lowest BCUT2D eigenvalue weighted by molar-refractivity contribution is -0.211. The van der Waals surface area contributed by atoms with Gasteiger partial charge in [-0.2, -0.15) is 0 Å². The number of nitrogens with zero attached hydrogens (tertiary/aromatic N) is 4.